The van der Waals surface area contributed by atoms with Crippen molar-refractivity contribution in [3.8, 4) is 6.07 Å². The van der Waals surface area contributed by atoms with Gasteiger partial charge >= 0.3 is 0 Å². The Hall–Kier alpha value is -2.13. The van der Waals surface area contributed by atoms with Crippen LogP contribution < -0.4 is 5.32 Å². The molecule has 0 unspecified atom stereocenters. The number of nitriles is 1. The Morgan fingerprint density at radius 2 is 2.05 bits per heavy atom. The Balaban J connectivity index is 2.50. The number of hydrogen-bond acceptors (Lipinski definition) is 5. The van der Waals surface area contributed by atoms with Gasteiger partial charge in [-0.05, 0) is 18.9 Å². The number of aliphatic hydroxyl groups excluding tert-OH is 1. The van der Waals surface area contributed by atoms with Crippen molar-refractivity contribution in [2.75, 3.05) is 18.5 Å². The van der Waals surface area contributed by atoms with Crippen molar-refractivity contribution < 1.29 is 10.0 Å². The minimum absolute atomic E-state index is 0.0787. The number of nitro groups is 1. The molecule has 0 aliphatic rings. The second kappa shape index (κ2) is 8.06. The number of aliphatic hydroxyl groups is 1. The monoisotopic (exact) mass is 263 g/mol. The third-order valence-electron chi connectivity index (χ3n) is 2.73. The molecule has 0 saturated heterocycles. The molecule has 1 aromatic carbocycles. The van der Waals surface area contributed by atoms with Crippen LogP contribution in [0.2, 0.25) is 0 Å². The molecule has 0 saturated carbocycles. The zero-order valence-corrected chi connectivity index (χ0v) is 10.6. The Morgan fingerprint density at radius 1 is 1.32 bits per heavy atom. The highest BCUT2D eigenvalue weighted by Crippen LogP contribution is 2.21. The van der Waals surface area contributed by atoms with Crippen LogP contribution in [-0.4, -0.2) is 23.2 Å². The van der Waals surface area contributed by atoms with Gasteiger partial charge in [-0.15, -0.1) is 0 Å². The van der Waals surface area contributed by atoms with Crippen LogP contribution in [0.25, 0.3) is 0 Å². The number of anilines is 1. The Labute approximate surface area is 111 Å². The van der Waals surface area contributed by atoms with Crippen LogP contribution in [0.5, 0.6) is 0 Å². The fourth-order valence-electron chi connectivity index (χ4n) is 1.71. The lowest BCUT2D eigenvalue weighted by Crippen LogP contribution is -2.03. The summed E-state index contributed by atoms with van der Waals surface area (Å²) < 4.78 is 0. The molecule has 0 heterocycles. The third-order valence-corrected chi connectivity index (χ3v) is 2.73. The summed E-state index contributed by atoms with van der Waals surface area (Å²) in [5, 5.41) is 31.3. The van der Waals surface area contributed by atoms with Gasteiger partial charge in [0, 0.05) is 25.3 Å². The van der Waals surface area contributed by atoms with Gasteiger partial charge in [0.05, 0.1) is 16.2 Å². The normalized spacial score (nSPS) is 9.89. The van der Waals surface area contributed by atoms with Crippen LogP contribution in [0.15, 0.2) is 18.2 Å². The molecule has 19 heavy (non-hydrogen) atoms. The quantitative estimate of drug-likeness (QED) is 0.426. The summed E-state index contributed by atoms with van der Waals surface area (Å²) in [6, 6.07) is 6.17. The first-order valence-corrected chi connectivity index (χ1v) is 6.22. The second-order valence-corrected chi connectivity index (χ2v) is 4.16. The lowest BCUT2D eigenvalue weighted by molar-refractivity contribution is -0.384. The fraction of sp³-hybridized carbons (Fsp3) is 0.462. The summed E-state index contributed by atoms with van der Waals surface area (Å²) in [6.45, 7) is 0.923. The van der Waals surface area contributed by atoms with E-state index in [2.05, 4.69) is 5.32 Å². The molecule has 0 atom stereocenters. The van der Waals surface area contributed by atoms with E-state index in [4.69, 9.17) is 10.4 Å². The number of nitro benzene ring substituents is 1. The zero-order valence-electron chi connectivity index (χ0n) is 10.6. The lowest BCUT2D eigenvalue weighted by Gasteiger charge is -2.07. The van der Waals surface area contributed by atoms with Gasteiger partial charge in [-0.1, -0.05) is 12.8 Å². The lowest BCUT2D eigenvalue weighted by atomic mass is 10.1. The largest absolute Gasteiger partial charge is 0.396 e. The Bertz CT molecular complexity index is 469. The van der Waals surface area contributed by atoms with Gasteiger partial charge in [-0.2, -0.15) is 5.26 Å². The molecule has 0 aliphatic heterocycles. The van der Waals surface area contributed by atoms with E-state index in [1.165, 1.54) is 12.1 Å². The predicted octanol–water partition coefficient (Wildman–Crippen LogP) is 2.43. The van der Waals surface area contributed by atoms with Crippen molar-refractivity contribution in [2.24, 2.45) is 0 Å². The molecule has 0 fully saturated rings. The Kier molecular flexibility index (Phi) is 6.33. The first kappa shape index (κ1) is 14.9. The third kappa shape index (κ3) is 4.94. The number of non-ortho nitro benzene ring substituents is 1. The average molecular weight is 263 g/mol. The number of unbranched alkanes of at least 4 members (excludes halogenated alkanes) is 3. The van der Waals surface area contributed by atoms with E-state index in [-0.39, 0.29) is 17.9 Å². The molecule has 0 spiro atoms. The van der Waals surface area contributed by atoms with E-state index < -0.39 is 4.92 Å². The molecule has 1 rings (SSSR count). The predicted molar refractivity (Wildman–Crippen MR) is 71.9 cm³/mol. The molecule has 102 valence electrons. The molecule has 0 aromatic heterocycles. The Morgan fingerprint density at radius 3 is 2.68 bits per heavy atom. The molecule has 0 amide bonds. The number of rotatable bonds is 8. The van der Waals surface area contributed by atoms with Crippen LogP contribution in [0.1, 0.15) is 31.2 Å². The maximum atomic E-state index is 10.6. The molecule has 1 aromatic rings. The van der Waals surface area contributed by atoms with E-state index in [1.807, 2.05) is 6.07 Å². The minimum Gasteiger partial charge on any atom is -0.396 e. The molecule has 0 radical (unpaired) electrons. The summed E-state index contributed by atoms with van der Waals surface area (Å²) in [6.07, 6.45) is 3.72. The molecular formula is C13H17N3O3. The van der Waals surface area contributed by atoms with Gasteiger partial charge in [-0.3, -0.25) is 10.1 Å². The standard InChI is InChI=1S/C13H17N3O3/c14-10-11-9-12(16(18)19)5-6-13(11)15-7-3-1-2-4-8-17/h5-6,9,15,17H,1-4,7-8H2. The van der Waals surface area contributed by atoms with E-state index in [9.17, 15) is 10.1 Å². The number of nitrogens with zero attached hydrogens (tertiary/aromatic N) is 2. The molecule has 6 heteroatoms. The van der Waals surface area contributed by atoms with Crippen molar-refractivity contribution in [1.82, 2.24) is 0 Å². The molecule has 6 nitrogen and oxygen atoms in total. The van der Waals surface area contributed by atoms with Crippen molar-refractivity contribution in [1.29, 1.82) is 5.26 Å². The smallest absolute Gasteiger partial charge is 0.270 e. The number of benzene rings is 1. The van der Waals surface area contributed by atoms with Crippen molar-refractivity contribution >= 4 is 11.4 Å². The van der Waals surface area contributed by atoms with Crippen molar-refractivity contribution in [3.05, 3.63) is 33.9 Å². The topological polar surface area (TPSA) is 99.2 Å². The van der Waals surface area contributed by atoms with Gasteiger partial charge < -0.3 is 10.4 Å². The highest BCUT2D eigenvalue weighted by atomic mass is 16.6. The van der Waals surface area contributed by atoms with Gasteiger partial charge in [-0.25, -0.2) is 0 Å². The number of nitrogens with one attached hydrogen (secondary N) is 1. The van der Waals surface area contributed by atoms with Crippen molar-refractivity contribution in [3.63, 3.8) is 0 Å². The van der Waals surface area contributed by atoms with E-state index >= 15 is 0 Å². The van der Waals surface area contributed by atoms with Gasteiger partial charge in [0.15, 0.2) is 0 Å². The van der Waals surface area contributed by atoms with Crippen LogP contribution in [0, 0.1) is 21.4 Å². The highest BCUT2D eigenvalue weighted by molar-refractivity contribution is 5.61. The van der Waals surface area contributed by atoms with Crippen LogP contribution >= 0.6 is 0 Å². The maximum absolute atomic E-state index is 10.6. The summed E-state index contributed by atoms with van der Waals surface area (Å²) in [5.74, 6) is 0. The average Bonchev–Trinajstić information content (AvgIpc) is 2.42. The fourth-order valence-corrected chi connectivity index (χ4v) is 1.71. The minimum atomic E-state index is -0.514. The van der Waals surface area contributed by atoms with Gasteiger partial charge in [0.25, 0.3) is 5.69 Å². The van der Waals surface area contributed by atoms with E-state index in [0.29, 0.717) is 12.2 Å². The first-order valence-electron chi connectivity index (χ1n) is 6.22. The molecular weight excluding hydrogens is 246 g/mol. The molecule has 0 bridgehead atoms. The van der Waals surface area contributed by atoms with Gasteiger partial charge in [0.1, 0.15) is 6.07 Å². The molecule has 0 aliphatic carbocycles. The summed E-state index contributed by atoms with van der Waals surface area (Å²) in [7, 11) is 0. The number of hydrogen-bond donors (Lipinski definition) is 2. The summed E-state index contributed by atoms with van der Waals surface area (Å²) in [4.78, 5) is 10.1. The van der Waals surface area contributed by atoms with Crippen LogP contribution in [0.4, 0.5) is 11.4 Å². The van der Waals surface area contributed by atoms with Crippen LogP contribution in [0.3, 0.4) is 0 Å². The molecule has 2 N–H and O–H groups in total. The van der Waals surface area contributed by atoms with Gasteiger partial charge in [0.2, 0.25) is 0 Å². The highest BCUT2D eigenvalue weighted by Gasteiger charge is 2.09. The van der Waals surface area contributed by atoms with E-state index in [1.54, 1.807) is 6.07 Å². The van der Waals surface area contributed by atoms with Crippen LogP contribution in [-0.2, 0) is 0 Å². The SMILES string of the molecule is N#Cc1cc([N+](=O)[O-])ccc1NCCCCCCO. The van der Waals surface area contributed by atoms with E-state index in [0.717, 1.165) is 25.7 Å². The first-order chi connectivity index (χ1) is 9.19. The van der Waals surface area contributed by atoms with Crippen molar-refractivity contribution in [2.45, 2.75) is 25.7 Å². The zero-order chi connectivity index (χ0) is 14.1. The second-order valence-electron chi connectivity index (χ2n) is 4.16. The summed E-state index contributed by atoms with van der Waals surface area (Å²) >= 11 is 0. The summed E-state index contributed by atoms with van der Waals surface area (Å²) in [5.41, 5.74) is 0.824. The maximum Gasteiger partial charge on any atom is 0.270 e.